The number of methoxy groups -OCH3 is 1. The molecule has 0 bridgehead atoms. The van der Waals surface area contributed by atoms with Crippen LogP contribution in [0.4, 0.5) is 0 Å². The van der Waals surface area contributed by atoms with Gasteiger partial charge in [0.15, 0.2) is 0 Å². The lowest BCUT2D eigenvalue weighted by Gasteiger charge is -2.03. The van der Waals surface area contributed by atoms with Gasteiger partial charge in [-0.15, -0.1) is 11.8 Å². The SMILES string of the molecule is COCCOCCOCSC. The Hall–Kier alpha value is 0.230. The minimum Gasteiger partial charge on any atom is -0.382 e. The van der Waals surface area contributed by atoms with Crippen LogP contribution in [0.15, 0.2) is 0 Å². The highest BCUT2D eigenvalue weighted by molar-refractivity contribution is 7.98. The summed E-state index contributed by atoms with van der Waals surface area (Å²) in [7, 11) is 1.66. The van der Waals surface area contributed by atoms with Crippen LogP contribution in [-0.2, 0) is 14.2 Å². The van der Waals surface area contributed by atoms with Crippen molar-refractivity contribution < 1.29 is 14.2 Å². The number of thioether (sulfide) groups is 1. The third-order valence-electron chi connectivity index (χ3n) is 1.00. The van der Waals surface area contributed by atoms with Crippen molar-refractivity contribution in [1.82, 2.24) is 0 Å². The van der Waals surface area contributed by atoms with Crippen LogP contribution in [0, 0.1) is 0 Å². The van der Waals surface area contributed by atoms with E-state index in [0.717, 1.165) is 5.94 Å². The van der Waals surface area contributed by atoms with Gasteiger partial charge in [0.25, 0.3) is 0 Å². The fourth-order valence-electron chi connectivity index (χ4n) is 0.504. The summed E-state index contributed by atoms with van der Waals surface area (Å²) in [5.74, 6) is 0.744. The maximum absolute atomic E-state index is 5.16. The molecule has 0 rings (SSSR count). The number of hydrogen-bond acceptors (Lipinski definition) is 4. The molecular weight excluding hydrogens is 164 g/mol. The highest BCUT2D eigenvalue weighted by Gasteiger charge is 1.87. The van der Waals surface area contributed by atoms with E-state index in [1.54, 1.807) is 18.9 Å². The van der Waals surface area contributed by atoms with Crippen molar-refractivity contribution in [2.24, 2.45) is 0 Å². The van der Waals surface area contributed by atoms with Gasteiger partial charge >= 0.3 is 0 Å². The van der Waals surface area contributed by atoms with Crippen LogP contribution in [0.5, 0.6) is 0 Å². The molecule has 0 atom stereocenters. The Labute approximate surface area is 72.4 Å². The second kappa shape index (κ2) is 10.2. The van der Waals surface area contributed by atoms with Gasteiger partial charge in [0.1, 0.15) is 0 Å². The Balaban J connectivity index is 2.69. The van der Waals surface area contributed by atoms with Gasteiger partial charge in [-0.25, -0.2) is 0 Å². The zero-order valence-corrected chi connectivity index (χ0v) is 7.99. The van der Waals surface area contributed by atoms with Gasteiger partial charge in [0.05, 0.1) is 32.4 Å². The van der Waals surface area contributed by atoms with Crippen LogP contribution in [0.2, 0.25) is 0 Å². The fourth-order valence-corrected chi connectivity index (χ4v) is 0.789. The van der Waals surface area contributed by atoms with Gasteiger partial charge < -0.3 is 14.2 Å². The largest absolute Gasteiger partial charge is 0.382 e. The van der Waals surface area contributed by atoms with Gasteiger partial charge in [0, 0.05) is 7.11 Å². The van der Waals surface area contributed by atoms with E-state index in [9.17, 15) is 0 Å². The molecule has 0 amide bonds. The topological polar surface area (TPSA) is 27.7 Å². The average Bonchev–Trinajstić information content (AvgIpc) is 2.03. The molecule has 0 unspecified atom stereocenters. The van der Waals surface area contributed by atoms with Crippen LogP contribution >= 0.6 is 11.8 Å². The van der Waals surface area contributed by atoms with Crippen molar-refractivity contribution in [2.75, 3.05) is 45.7 Å². The van der Waals surface area contributed by atoms with Crippen LogP contribution in [0.1, 0.15) is 0 Å². The van der Waals surface area contributed by atoms with E-state index in [2.05, 4.69) is 0 Å². The minimum absolute atomic E-state index is 0.652. The highest BCUT2D eigenvalue weighted by Crippen LogP contribution is 1.91. The zero-order chi connectivity index (χ0) is 8.36. The molecule has 4 heteroatoms. The van der Waals surface area contributed by atoms with E-state index in [-0.39, 0.29) is 0 Å². The Kier molecular flexibility index (Phi) is 10.4. The van der Waals surface area contributed by atoms with Crippen molar-refractivity contribution in [3.05, 3.63) is 0 Å². The number of ether oxygens (including phenoxy) is 3. The number of rotatable bonds is 8. The Morgan fingerprint density at radius 2 is 1.64 bits per heavy atom. The second-order valence-electron chi connectivity index (χ2n) is 1.92. The van der Waals surface area contributed by atoms with Crippen molar-refractivity contribution in [3.63, 3.8) is 0 Å². The predicted octanol–water partition coefficient (Wildman–Crippen LogP) is 0.987. The highest BCUT2D eigenvalue weighted by atomic mass is 32.2. The lowest BCUT2D eigenvalue weighted by Crippen LogP contribution is -2.07. The van der Waals surface area contributed by atoms with Crippen LogP contribution in [0.3, 0.4) is 0 Å². The van der Waals surface area contributed by atoms with E-state index in [1.165, 1.54) is 0 Å². The first-order chi connectivity index (χ1) is 5.41. The average molecular weight is 180 g/mol. The molecule has 0 aromatic heterocycles. The molecule has 0 aliphatic heterocycles. The molecule has 11 heavy (non-hydrogen) atoms. The van der Waals surface area contributed by atoms with E-state index >= 15 is 0 Å². The zero-order valence-electron chi connectivity index (χ0n) is 7.17. The molecule has 3 nitrogen and oxygen atoms in total. The molecule has 0 radical (unpaired) electrons. The van der Waals surface area contributed by atoms with Crippen LogP contribution in [-0.4, -0.2) is 45.7 Å². The van der Waals surface area contributed by atoms with E-state index in [0.29, 0.717) is 26.4 Å². The third-order valence-corrected chi connectivity index (χ3v) is 1.41. The first kappa shape index (κ1) is 11.2. The summed E-state index contributed by atoms with van der Waals surface area (Å²) in [5.41, 5.74) is 0. The summed E-state index contributed by atoms with van der Waals surface area (Å²) in [4.78, 5) is 0. The molecule has 0 spiro atoms. The third kappa shape index (κ3) is 10.2. The summed E-state index contributed by atoms with van der Waals surface area (Å²) in [6.45, 7) is 2.64. The van der Waals surface area contributed by atoms with Gasteiger partial charge in [-0.2, -0.15) is 0 Å². The Morgan fingerprint density at radius 3 is 2.27 bits per heavy atom. The predicted molar refractivity (Wildman–Crippen MR) is 47.0 cm³/mol. The normalized spacial score (nSPS) is 10.4. The monoisotopic (exact) mass is 180 g/mol. The molecule has 0 aromatic carbocycles. The van der Waals surface area contributed by atoms with Crippen LogP contribution < -0.4 is 0 Å². The van der Waals surface area contributed by atoms with Crippen molar-refractivity contribution in [2.45, 2.75) is 0 Å². The first-order valence-corrected chi connectivity index (χ1v) is 4.94. The molecule has 0 aliphatic carbocycles. The number of hydrogen-bond donors (Lipinski definition) is 0. The fraction of sp³-hybridized carbons (Fsp3) is 1.00. The maximum Gasteiger partial charge on any atom is 0.0919 e. The van der Waals surface area contributed by atoms with Crippen LogP contribution in [0.25, 0.3) is 0 Å². The second-order valence-corrected chi connectivity index (χ2v) is 2.73. The maximum atomic E-state index is 5.16. The van der Waals surface area contributed by atoms with E-state index in [1.807, 2.05) is 6.26 Å². The van der Waals surface area contributed by atoms with Crippen molar-refractivity contribution >= 4 is 11.8 Å². The van der Waals surface area contributed by atoms with Gasteiger partial charge in [-0.1, -0.05) is 0 Å². The molecule has 0 aromatic rings. The summed E-state index contributed by atoms with van der Waals surface area (Å²) in [5, 5.41) is 0. The van der Waals surface area contributed by atoms with Gasteiger partial charge in [0.2, 0.25) is 0 Å². The molecule has 0 N–H and O–H groups in total. The molecule has 0 saturated heterocycles. The Morgan fingerprint density at radius 1 is 1.00 bits per heavy atom. The Bertz CT molecular complexity index is 62.7. The summed E-state index contributed by atoms with van der Waals surface area (Å²) in [6.07, 6.45) is 2.01. The molecule has 68 valence electrons. The summed E-state index contributed by atoms with van der Waals surface area (Å²) < 4.78 is 15.1. The molecule has 0 fully saturated rings. The summed E-state index contributed by atoms with van der Waals surface area (Å²) >= 11 is 1.67. The first-order valence-electron chi connectivity index (χ1n) is 3.55. The van der Waals surface area contributed by atoms with E-state index < -0.39 is 0 Å². The quantitative estimate of drug-likeness (QED) is 0.411. The van der Waals surface area contributed by atoms with Crippen molar-refractivity contribution in [3.8, 4) is 0 Å². The lowest BCUT2D eigenvalue weighted by atomic mass is 10.7. The smallest absolute Gasteiger partial charge is 0.0919 e. The van der Waals surface area contributed by atoms with Gasteiger partial charge in [-0.05, 0) is 6.26 Å². The lowest BCUT2D eigenvalue weighted by molar-refractivity contribution is 0.0356. The molecule has 0 heterocycles. The van der Waals surface area contributed by atoms with E-state index in [4.69, 9.17) is 14.2 Å². The standard InChI is InChI=1S/C7H16O3S/c1-8-3-4-9-5-6-10-7-11-2/h3-7H2,1-2H3. The van der Waals surface area contributed by atoms with Crippen molar-refractivity contribution in [1.29, 1.82) is 0 Å². The molecule has 0 saturated carbocycles. The minimum atomic E-state index is 0.652. The molecule has 0 aliphatic rings. The van der Waals surface area contributed by atoms with Gasteiger partial charge in [-0.3, -0.25) is 0 Å². The summed E-state index contributed by atoms with van der Waals surface area (Å²) in [6, 6.07) is 0. The molecular formula is C7H16O3S.